The zero-order valence-corrected chi connectivity index (χ0v) is 14.2. The van der Waals surface area contributed by atoms with Gasteiger partial charge in [-0.3, -0.25) is 9.78 Å². The van der Waals surface area contributed by atoms with E-state index in [0.29, 0.717) is 5.69 Å². The van der Waals surface area contributed by atoms with Crippen LogP contribution in [0.5, 0.6) is 0 Å². The van der Waals surface area contributed by atoms with Gasteiger partial charge in [-0.05, 0) is 68.7 Å². The summed E-state index contributed by atoms with van der Waals surface area (Å²) < 4.78 is 0. The topological polar surface area (TPSA) is 54.9 Å². The minimum Gasteiger partial charge on any atom is -0.345 e. The molecule has 2 heterocycles. The van der Waals surface area contributed by atoms with Crippen molar-refractivity contribution in [1.82, 2.24) is 15.3 Å². The van der Waals surface area contributed by atoms with Gasteiger partial charge in [-0.2, -0.15) is 0 Å². The molecular formula is C21H21N3O. The fourth-order valence-corrected chi connectivity index (χ4v) is 4.27. The Labute approximate surface area is 148 Å². The number of nitrogens with one attached hydrogen (secondary N) is 1. The van der Waals surface area contributed by atoms with Crippen molar-refractivity contribution in [2.45, 2.75) is 44.1 Å². The molecule has 0 unspecified atom stereocenters. The van der Waals surface area contributed by atoms with E-state index in [-0.39, 0.29) is 16.9 Å². The number of nitrogens with zero attached hydrogens (tertiary/aromatic N) is 2. The maximum Gasteiger partial charge on any atom is 0.270 e. The van der Waals surface area contributed by atoms with Crippen molar-refractivity contribution in [1.29, 1.82) is 0 Å². The van der Waals surface area contributed by atoms with Gasteiger partial charge in [0, 0.05) is 23.3 Å². The van der Waals surface area contributed by atoms with Crippen LogP contribution in [0.25, 0.3) is 0 Å². The summed E-state index contributed by atoms with van der Waals surface area (Å²) in [5.41, 5.74) is 1.18. The molecule has 2 aromatic rings. The van der Waals surface area contributed by atoms with Crippen LogP contribution < -0.4 is 5.32 Å². The molecular weight excluding hydrogens is 310 g/mol. The lowest BCUT2D eigenvalue weighted by atomic mass is 9.73. The van der Waals surface area contributed by atoms with E-state index in [1.165, 1.54) is 0 Å². The first kappa shape index (κ1) is 15.8. The average molecular weight is 331 g/mol. The van der Waals surface area contributed by atoms with Crippen molar-refractivity contribution in [2.75, 3.05) is 0 Å². The van der Waals surface area contributed by atoms with Crippen LogP contribution in [0.4, 0.5) is 0 Å². The van der Waals surface area contributed by atoms with Gasteiger partial charge in [0.25, 0.3) is 5.91 Å². The van der Waals surface area contributed by atoms with E-state index in [9.17, 15) is 4.79 Å². The van der Waals surface area contributed by atoms with Crippen LogP contribution in [-0.4, -0.2) is 21.4 Å². The summed E-state index contributed by atoms with van der Waals surface area (Å²) in [5, 5.41) is 3.28. The van der Waals surface area contributed by atoms with Gasteiger partial charge in [-0.15, -0.1) is 0 Å². The monoisotopic (exact) mass is 331 g/mol. The molecule has 2 fully saturated rings. The van der Waals surface area contributed by atoms with Crippen LogP contribution in [-0.2, 0) is 0 Å². The quantitative estimate of drug-likeness (QED) is 0.859. The van der Waals surface area contributed by atoms with Crippen LogP contribution in [0.1, 0.15) is 54.7 Å². The molecule has 1 amide bonds. The number of fused-ring (bicyclic) bond motifs is 2. The molecule has 4 rings (SSSR count). The van der Waals surface area contributed by atoms with Gasteiger partial charge in [0.05, 0.1) is 0 Å². The number of carbonyl (C=O) groups is 1. The van der Waals surface area contributed by atoms with Crippen molar-refractivity contribution in [3.8, 4) is 11.8 Å². The molecule has 2 aromatic heterocycles. The number of carbonyl (C=O) groups excluding carboxylic acids is 1. The number of pyridine rings is 2. The summed E-state index contributed by atoms with van der Waals surface area (Å²) in [4.78, 5) is 21.0. The first-order valence-corrected chi connectivity index (χ1v) is 8.87. The zero-order valence-electron chi connectivity index (χ0n) is 14.2. The maximum absolute atomic E-state index is 12.6. The molecule has 0 aromatic carbocycles. The molecule has 2 atom stereocenters. The largest absolute Gasteiger partial charge is 0.345 e. The number of rotatable bonds is 2. The SMILES string of the molecule is O=C(N[C@]12CCC[C@](C#Cc3ccccn3)(CC1)C2)c1ccccn1. The van der Waals surface area contributed by atoms with Crippen molar-refractivity contribution >= 4 is 5.91 Å². The number of amides is 1. The predicted molar refractivity (Wildman–Crippen MR) is 95.7 cm³/mol. The Morgan fingerprint density at radius 2 is 1.84 bits per heavy atom. The van der Waals surface area contributed by atoms with Gasteiger partial charge in [-0.25, -0.2) is 4.98 Å². The highest BCUT2D eigenvalue weighted by molar-refractivity contribution is 5.92. The molecule has 0 radical (unpaired) electrons. The number of hydrogen-bond acceptors (Lipinski definition) is 3. The lowest BCUT2D eigenvalue weighted by Gasteiger charge is -2.37. The Morgan fingerprint density at radius 3 is 2.60 bits per heavy atom. The van der Waals surface area contributed by atoms with Crippen molar-refractivity contribution in [3.05, 3.63) is 60.2 Å². The Balaban J connectivity index is 1.52. The second kappa shape index (κ2) is 6.33. The zero-order chi connectivity index (χ0) is 17.2. The molecule has 25 heavy (non-hydrogen) atoms. The number of hydrogen-bond donors (Lipinski definition) is 1. The third kappa shape index (κ3) is 3.28. The molecule has 0 spiro atoms. The molecule has 2 saturated carbocycles. The first-order valence-electron chi connectivity index (χ1n) is 8.87. The molecule has 1 N–H and O–H groups in total. The molecule has 0 aliphatic heterocycles. The lowest BCUT2D eigenvalue weighted by Crippen LogP contribution is -2.49. The molecule has 2 aliphatic rings. The highest BCUT2D eigenvalue weighted by atomic mass is 16.2. The van der Waals surface area contributed by atoms with Crippen LogP contribution in [0, 0.1) is 17.3 Å². The van der Waals surface area contributed by atoms with E-state index >= 15 is 0 Å². The van der Waals surface area contributed by atoms with Crippen molar-refractivity contribution in [2.24, 2.45) is 5.41 Å². The van der Waals surface area contributed by atoms with E-state index in [4.69, 9.17) is 0 Å². The second-order valence-corrected chi connectivity index (χ2v) is 7.23. The Bertz CT molecular complexity index is 824. The van der Waals surface area contributed by atoms with Crippen LogP contribution in [0.3, 0.4) is 0 Å². The predicted octanol–water partition coefficient (Wildman–Crippen LogP) is 3.35. The highest BCUT2D eigenvalue weighted by Crippen LogP contribution is 2.53. The van der Waals surface area contributed by atoms with E-state index in [2.05, 4.69) is 27.1 Å². The highest BCUT2D eigenvalue weighted by Gasteiger charge is 2.51. The Kier molecular flexibility index (Phi) is 4.01. The maximum atomic E-state index is 12.6. The van der Waals surface area contributed by atoms with Crippen LogP contribution in [0.15, 0.2) is 48.8 Å². The summed E-state index contributed by atoms with van der Waals surface area (Å²) >= 11 is 0. The third-order valence-electron chi connectivity index (χ3n) is 5.47. The van der Waals surface area contributed by atoms with Crippen molar-refractivity contribution < 1.29 is 4.79 Å². The van der Waals surface area contributed by atoms with Gasteiger partial charge in [0.15, 0.2) is 0 Å². The minimum absolute atomic E-state index is 0.00711. The van der Waals surface area contributed by atoms with E-state index in [1.807, 2.05) is 30.3 Å². The summed E-state index contributed by atoms with van der Waals surface area (Å²) in [6, 6.07) is 11.2. The molecule has 2 aliphatic carbocycles. The molecule has 4 nitrogen and oxygen atoms in total. The van der Waals surface area contributed by atoms with E-state index in [1.54, 1.807) is 18.5 Å². The van der Waals surface area contributed by atoms with Gasteiger partial charge in [0.2, 0.25) is 0 Å². The number of aromatic nitrogens is 2. The summed E-state index contributed by atoms with van der Waals surface area (Å²) in [5.74, 6) is 6.68. The smallest absolute Gasteiger partial charge is 0.270 e. The Morgan fingerprint density at radius 1 is 1.00 bits per heavy atom. The molecule has 0 saturated heterocycles. The summed E-state index contributed by atoms with van der Waals surface area (Å²) in [6.07, 6.45) is 9.61. The van der Waals surface area contributed by atoms with Gasteiger partial charge in [-0.1, -0.05) is 18.1 Å². The molecule has 4 heteroatoms. The molecule has 126 valence electrons. The van der Waals surface area contributed by atoms with Gasteiger partial charge >= 0.3 is 0 Å². The summed E-state index contributed by atoms with van der Waals surface area (Å²) in [6.45, 7) is 0. The minimum atomic E-state index is -0.133. The fourth-order valence-electron chi connectivity index (χ4n) is 4.27. The van der Waals surface area contributed by atoms with Crippen molar-refractivity contribution in [3.63, 3.8) is 0 Å². The average Bonchev–Trinajstić information content (AvgIpc) is 2.92. The second-order valence-electron chi connectivity index (χ2n) is 7.23. The van der Waals surface area contributed by atoms with Crippen LogP contribution in [0.2, 0.25) is 0 Å². The van der Waals surface area contributed by atoms with Gasteiger partial charge < -0.3 is 5.32 Å². The van der Waals surface area contributed by atoms with Crippen LogP contribution >= 0.6 is 0 Å². The first-order chi connectivity index (χ1) is 12.2. The summed E-state index contributed by atoms with van der Waals surface area (Å²) in [7, 11) is 0. The normalized spacial score (nSPS) is 27.2. The van der Waals surface area contributed by atoms with E-state index in [0.717, 1.165) is 44.2 Å². The van der Waals surface area contributed by atoms with Gasteiger partial charge in [0.1, 0.15) is 11.4 Å². The fraction of sp³-hybridized carbons (Fsp3) is 0.381. The Hall–Kier alpha value is -2.67. The standard InChI is InChI=1S/C21H21N3O/c25-19(18-7-2-4-15-23-18)24-21-10-5-9-20(16-21,12-13-21)11-8-17-6-1-3-14-22-17/h1-4,6-7,14-15H,5,9-10,12-13,16H2,(H,24,25)/t20-,21+/m0/s1. The lowest BCUT2D eigenvalue weighted by molar-refractivity contribution is 0.0866. The molecule has 2 bridgehead atoms. The third-order valence-corrected chi connectivity index (χ3v) is 5.47. The van der Waals surface area contributed by atoms with E-state index < -0.39 is 0 Å².